The van der Waals surface area contributed by atoms with E-state index in [2.05, 4.69) is 16.7 Å². The minimum absolute atomic E-state index is 0.0687. The van der Waals surface area contributed by atoms with Crippen molar-refractivity contribution in [3.05, 3.63) is 94.3 Å². The summed E-state index contributed by atoms with van der Waals surface area (Å²) in [5, 5.41) is 0. The maximum Gasteiger partial charge on any atom is 0.311 e. The molecule has 1 unspecified atom stereocenters. The first-order valence-electron chi connectivity index (χ1n) is 12.1. The number of likely N-dealkylation sites (tertiary alicyclic amines) is 1. The maximum atomic E-state index is 12.9. The zero-order chi connectivity index (χ0) is 24.9. The number of esters is 1. The van der Waals surface area contributed by atoms with Crippen molar-refractivity contribution in [2.75, 3.05) is 13.2 Å². The van der Waals surface area contributed by atoms with Crippen molar-refractivity contribution < 1.29 is 19.1 Å². The van der Waals surface area contributed by atoms with Crippen LogP contribution < -0.4 is 0 Å². The Kier molecular flexibility index (Phi) is 7.49. The van der Waals surface area contributed by atoms with Gasteiger partial charge in [-0.3, -0.25) is 14.4 Å². The van der Waals surface area contributed by atoms with Crippen molar-refractivity contribution in [1.29, 1.82) is 0 Å². The van der Waals surface area contributed by atoms with Gasteiger partial charge in [-0.2, -0.15) is 0 Å². The predicted molar refractivity (Wildman–Crippen MR) is 134 cm³/mol. The van der Waals surface area contributed by atoms with Crippen molar-refractivity contribution >= 4 is 17.7 Å². The van der Waals surface area contributed by atoms with Gasteiger partial charge >= 0.3 is 5.97 Å². The molecule has 35 heavy (non-hydrogen) atoms. The van der Waals surface area contributed by atoms with Crippen LogP contribution in [-0.4, -0.2) is 40.3 Å². The number of carbonyl (C=O) groups is 3. The summed E-state index contributed by atoms with van der Waals surface area (Å²) in [7, 11) is 0. The lowest BCUT2D eigenvalue weighted by atomic mass is 10.1. The highest BCUT2D eigenvalue weighted by Gasteiger charge is 2.35. The molecule has 1 amide bonds. The fourth-order valence-corrected chi connectivity index (χ4v) is 4.64. The van der Waals surface area contributed by atoms with E-state index in [0.717, 1.165) is 35.5 Å². The van der Waals surface area contributed by atoms with Gasteiger partial charge in [-0.15, -0.1) is 0 Å². The molecule has 1 atom stereocenters. The summed E-state index contributed by atoms with van der Waals surface area (Å²) >= 11 is 0. The van der Waals surface area contributed by atoms with Crippen molar-refractivity contribution in [2.45, 2.75) is 46.7 Å². The molecule has 1 aliphatic rings. The number of benzene rings is 2. The van der Waals surface area contributed by atoms with Gasteiger partial charge in [0, 0.05) is 43.0 Å². The minimum Gasteiger partial charge on any atom is -0.457 e. The zero-order valence-electron chi connectivity index (χ0n) is 20.6. The molecule has 6 heteroatoms. The molecule has 0 radical (unpaired) electrons. The van der Waals surface area contributed by atoms with E-state index in [4.69, 9.17) is 4.74 Å². The number of hydrogen-bond acceptors (Lipinski definition) is 4. The highest BCUT2D eigenvalue weighted by molar-refractivity contribution is 5.99. The van der Waals surface area contributed by atoms with Crippen molar-refractivity contribution in [3.63, 3.8) is 0 Å². The van der Waals surface area contributed by atoms with Gasteiger partial charge in [-0.25, -0.2) is 0 Å². The lowest BCUT2D eigenvalue weighted by Gasteiger charge is -2.16. The van der Waals surface area contributed by atoms with Crippen LogP contribution in [0.15, 0.2) is 60.7 Å². The largest absolute Gasteiger partial charge is 0.457 e. The number of ketones is 1. The molecular formula is C29H32N2O4. The van der Waals surface area contributed by atoms with E-state index >= 15 is 0 Å². The molecule has 2 heterocycles. The van der Waals surface area contributed by atoms with Crippen LogP contribution in [-0.2, 0) is 33.8 Å². The summed E-state index contributed by atoms with van der Waals surface area (Å²) in [4.78, 5) is 39.6. The predicted octanol–water partition coefficient (Wildman–Crippen LogP) is 4.43. The van der Waals surface area contributed by atoms with E-state index in [1.54, 1.807) is 4.90 Å². The second-order valence-corrected chi connectivity index (χ2v) is 9.36. The number of aromatic nitrogens is 1. The van der Waals surface area contributed by atoms with Crippen LogP contribution in [0.1, 0.15) is 44.9 Å². The first kappa shape index (κ1) is 24.5. The number of Topliss-reactive ketones (excluding diaryl/α,β-unsaturated/α-hetero) is 1. The van der Waals surface area contributed by atoms with E-state index in [9.17, 15) is 14.4 Å². The molecular weight excluding hydrogens is 440 g/mol. The molecule has 0 bridgehead atoms. The Morgan fingerprint density at radius 2 is 1.69 bits per heavy atom. The molecule has 1 aromatic heterocycles. The van der Waals surface area contributed by atoms with Crippen LogP contribution in [0.5, 0.6) is 0 Å². The third-order valence-electron chi connectivity index (χ3n) is 6.73. The van der Waals surface area contributed by atoms with E-state index in [1.165, 1.54) is 5.56 Å². The van der Waals surface area contributed by atoms with E-state index in [0.29, 0.717) is 18.7 Å². The summed E-state index contributed by atoms with van der Waals surface area (Å²) in [5.41, 5.74) is 5.87. The third kappa shape index (κ3) is 5.88. The smallest absolute Gasteiger partial charge is 0.311 e. The molecule has 6 nitrogen and oxygen atoms in total. The molecule has 3 aromatic rings. The van der Waals surface area contributed by atoms with Gasteiger partial charge < -0.3 is 14.2 Å². The molecule has 182 valence electrons. The van der Waals surface area contributed by atoms with Crippen LogP contribution in [0.3, 0.4) is 0 Å². The lowest BCUT2D eigenvalue weighted by molar-refractivity contribution is -0.147. The fourth-order valence-electron chi connectivity index (χ4n) is 4.64. The molecule has 0 N–H and O–H groups in total. The normalized spacial score (nSPS) is 15.5. The van der Waals surface area contributed by atoms with Crippen molar-refractivity contribution in [2.24, 2.45) is 5.92 Å². The third-order valence-corrected chi connectivity index (χ3v) is 6.73. The molecule has 0 spiro atoms. The Hall–Kier alpha value is -3.67. The Bertz CT molecular complexity index is 1210. The van der Waals surface area contributed by atoms with E-state index in [-0.39, 0.29) is 24.7 Å². The average molecular weight is 473 g/mol. The highest BCUT2D eigenvalue weighted by Crippen LogP contribution is 2.22. The number of amides is 1. The van der Waals surface area contributed by atoms with Crippen molar-refractivity contribution in [3.8, 4) is 0 Å². The molecule has 0 aliphatic carbocycles. The number of rotatable bonds is 9. The van der Waals surface area contributed by atoms with Crippen LogP contribution in [0, 0.1) is 26.7 Å². The van der Waals surface area contributed by atoms with Gasteiger partial charge in [-0.1, -0.05) is 60.2 Å². The van der Waals surface area contributed by atoms with Gasteiger partial charge in [0.05, 0.1) is 5.92 Å². The SMILES string of the molecule is Cc1ccc(CN2CC(C(=O)OCC(=O)c3cc(C)n(CCc4ccccc4)c3C)CC2=O)cc1. The summed E-state index contributed by atoms with van der Waals surface area (Å²) in [6.07, 6.45) is 0.988. The van der Waals surface area contributed by atoms with Gasteiger partial charge in [-0.05, 0) is 44.4 Å². The summed E-state index contributed by atoms with van der Waals surface area (Å²) in [6.45, 7) is 7.16. The second-order valence-electron chi connectivity index (χ2n) is 9.36. The second kappa shape index (κ2) is 10.7. The molecule has 2 aromatic carbocycles. The van der Waals surface area contributed by atoms with Crippen LogP contribution >= 0.6 is 0 Å². The molecule has 1 saturated heterocycles. The quantitative estimate of drug-likeness (QED) is 0.341. The van der Waals surface area contributed by atoms with Crippen LogP contribution in [0.25, 0.3) is 0 Å². The Morgan fingerprint density at radius 3 is 2.40 bits per heavy atom. The van der Waals surface area contributed by atoms with Gasteiger partial charge in [0.25, 0.3) is 0 Å². The Morgan fingerprint density at radius 1 is 0.971 bits per heavy atom. The standard InChI is InChI=1S/C29H32N2O4/c1-20-9-11-24(12-10-20)17-30-18-25(16-28(30)33)29(34)35-19-27(32)26-15-21(2)31(22(26)3)14-13-23-7-5-4-6-8-23/h4-12,15,25H,13-14,16-19H2,1-3H3. The Balaban J connectivity index is 1.31. The molecule has 1 aliphatic heterocycles. The summed E-state index contributed by atoms with van der Waals surface area (Å²) < 4.78 is 7.49. The first-order valence-corrected chi connectivity index (χ1v) is 12.1. The van der Waals surface area contributed by atoms with Crippen molar-refractivity contribution in [1.82, 2.24) is 9.47 Å². The van der Waals surface area contributed by atoms with Gasteiger partial charge in [0.15, 0.2) is 6.61 Å². The van der Waals surface area contributed by atoms with E-state index in [1.807, 2.05) is 69.3 Å². The van der Waals surface area contributed by atoms with Gasteiger partial charge in [0.1, 0.15) is 0 Å². The lowest BCUT2D eigenvalue weighted by Crippen LogP contribution is -2.27. The van der Waals surface area contributed by atoms with Crippen LogP contribution in [0.4, 0.5) is 0 Å². The topological polar surface area (TPSA) is 68.6 Å². The van der Waals surface area contributed by atoms with Crippen LogP contribution in [0.2, 0.25) is 0 Å². The monoisotopic (exact) mass is 472 g/mol. The maximum absolute atomic E-state index is 12.9. The molecule has 4 rings (SSSR count). The van der Waals surface area contributed by atoms with E-state index < -0.39 is 11.9 Å². The summed E-state index contributed by atoms with van der Waals surface area (Å²) in [5.74, 6) is -1.32. The van der Waals surface area contributed by atoms with Gasteiger partial charge in [0.2, 0.25) is 11.7 Å². The number of hydrogen-bond donors (Lipinski definition) is 0. The number of aryl methyl sites for hydroxylation is 3. The number of nitrogens with zero attached hydrogens (tertiary/aromatic N) is 2. The minimum atomic E-state index is -0.543. The first-order chi connectivity index (χ1) is 16.8. The molecule has 0 saturated carbocycles. The zero-order valence-corrected chi connectivity index (χ0v) is 20.6. The molecule has 1 fully saturated rings. The fraction of sp³-hybridized carbons (Fsp3) is 0.345. The number of carbonyl (C=O) groups excluding carboxylic acids is 3. The average Bonchev–Trinajstić information content (AvgIpc) is 3.36. The number of ether oxygens (including phenoxy) is 1. The summed E-state index contributed by atoms with van der Waals surface area (Å²) in [6, 6.07) is 20.1. The highest BCUT2D eigenvalue weighted by atomic mass is 16.5. The Labute approximate surface area is 206 Å².